The Hall–Kier alpha value is -0.660. The standard InChI is InChI=1S/C25H37I2O8/c1-6-25(9-7-8-10-25)35-22(30)18-15-11-14-17(18)21(29)34-20(14)19(15)33-16(28)12-32-23(31)24(2,13-26-3)27(4)5/h14-15,17-20H,6-13H2,1-5H3/q-1. The summed E-state index contributed by atoms with van der Waals surface area (Å²) in [5, 5.41) is 0. The third-order valence-electron chi connectivity index (χ3n) is 8.53. The summed E-state index contributed by atoms with van der Waals surface area (Å²) in [4.78, 5) is 57.9. The molecule has 1 heterocycles. The molecule has 1 aliphatic heterocycles. The van der Waals surface area contributed by atoms with Crippen molar-refractivity contribution < 1.29 is 59.3 Å². The Balaban J connectivity index is 1.41. The fourth-order valence-electron chi connectivity index (χ4n) is 6.32. The molecular weight excluding hydrogens is 682 g/mol. The second-order valence-corrected chi connectivity index (χ2v) is 19.6. The third-order valence-corrected chi connectivity index (χ3v) is 17.9. The molecule has 3 saturated carbocycles. The molecule has 35 heavy (non-hydrogen) atoms. The summed E-state index contributed by atoms with van der Waals surface area (Å²) in [7, 11) is 0. The van der Waals surface area contributed by atoms with Crippen LogP contribution in [0.3, 0.4) is 0 Å². The largest absolute Gasteiger partial charge is 0.0494 e. The van der Waals surface area contributed by atoms with Crippen LogP contribution in [0.5, 0.6) is 0 Å². The van der Waals surface area contributed by atoms with Gasteiger partial charge in [0.1, 0.15) is 0 Å². The zero-order valence-corrected chi connectivity index (χ0v) is 25.5. The van der Waals surface area contributed by atoms with Crippen LogP contribution in [0.2, 0.25) is 0 Å². The van der Waals surface area contributed by atoms with E-state index in [1.165, 1.54) is 0 Å². The quantitative estimate of drug-likeness (QED) is 0.132. The number of ether oxygens (including phenoxy) is 4. The maximum Gasteiger partial charge on any atom is -0.0129 e. The van der Waals surface area contributed by atoms with E-state index in [9.17, 15) is 19.2 Å². The van der Waals surface area contributed by atoms with Crippen LogP contribution in [0, 0.1) is 23.7 Å². The van der Waals surface area contributed by atoms with E-state index < -0.39 is 71.4 Å². The zero-order chi connectivity index (χ0) is 25.5. The molecule has 0 N–H and O–H groups in total. The van der Waals surface area contributed by atoms with Gasteiger partial charge in [0.05, 0.1) is 0 Å². The van der Waals surface area contributed by atoms with Gasteiger partial charge >= 0.3 is 187 Å². The van der Waals surface area contributed by atoms with E-state index >= 15 is 0 Å². The van der Waals surface area contributed by atoms with Crippen molar-refractivity contribution in [3.63, 3.8) is 0 Å². The van der Waals surface area contributed by atoms with Crippen LogP contribution in [-0.4, -0.2) is 70.9 Å². The van der Waals surface area contributed by atoms with Crippen molar-refractivity contribution in [1.82, 2.24) is 0 Å². The Labute approximate surface area is 224 Å². The molecule has 3 aliphatic carbocycles. The number of rotatable bonds is 10. The smallest absolute Gasteiger partial charge is 0.0129 e. The number of halogens is 2. The van der Waals surface area contributed by atoms with Crippen molar-refractivity contribution in [1.29, 1.82) is 0 Å². The first-order chi connectivity index (χ1) is 16.6. The molecule has 10 heteroatoms. The number of hydrogen-bond acceptors (Lipinski definition) is 8. The Morgan fingerprint density at radius 2 is 1.89 bits per heavy atom. The number of hydrogen-bond donors (Lipinski definition) is 0. The fraction of sp³-hybridized carbons (Fsp3) is 0.840. The van der Waals surface area contributed by atoms with Crippen LogP contribution in [0.15, 0.2) is 0 Å². The van der Waals surface area contributed by atoms with Crippen molar-refractivity contribution in [3.05, 3.63) is 0 Å². The second kappa shape index (κ2) is 10.6. The van der Waals surface area contributed by atoms with Gasteiger partial charge in [-0.25, -0.2) is 0 Å². The number of esters is 4. The van der Waals surface area contributed by atoms with Gasteiger partial charge in [-0.3, -0.25) is 0 Å². The number of carbonyl (C=O) groups is 4. The van der Waals surface area contributed by atoms with Gasteiger partial charge in [-0.1, -0.05) is 6.92 Å². The molecule has 0 aromatic heterocycles. The number of carbonyl (C=O) groups excluding carboxylic acids is 4. The molecule has 0 radical (unpaired) electrons. The molecule has 7 unspecified atom stereocenters. The van der Waals surface area contributed by atoms with Gasteiger partial charge < -0.3 is 0 Å². The topological polar surface area (TPSA) is 105 Å². The van der Waals surface area contributed by atoms with Crippen LogP contribution in [0.25, 0.3) is 0 Å². The minimum Gasteiger partial charge on any atom is -0.0494 e. The summed E-state index contributed by atoms with van der Waals surface area (Å²) in [6.45, 7) is 3.51. The van der Waals surface area contributed by atoms with E-state index in [-0.39, 0.29) is 45.0 Å². The van der Waals surface area contributed by atoms with Crippen molar-refractivity contribution in [2.45, 2.75) is 73.6 Å². The molecule has 0 amide bonds. The molecule has 7 atom stereocenters. The minimum absolute atomic E-state index is 0.0928. The molecule has 4 rings (SSSR count). The number of alkyl halides is 5. The van der Waals surface area contributed by atoms with E-state index in [1.54, 1.807) is 0 Å². The fourth-order valence-corrected chi connectivity index (χ4v) is 15.5. The van der Waals surface area contributed by atoms with E-state index in [1.807, 2.05) is 13.8 Å². The molecule has 200 valence electrons. The van der Waals surface area contributed by atoms with Gasteiger partial charge in [0, 0.05) is 0 Å². The first kappa shape index (κ1) is 27.4. The molecule has 0 spiro atoms. The van der Waals surface area contributed by atoms with Gasteiger partial charge in [-0.2, -0.15) is 0 Å². The summed E-state index contributed by atoms with van der Waals surface area (Å²) in [6.07, 6.45) is 3.85. The van der Waals surface area contributed by atoms with Gasteiger partial charge in [-0.15, -0.1) is 0 Å². The summed E-state index contributed by atoms with van der Waals surface area (Å²) < 4.78 is 23.1. The van der Waals surface area contributed by atoms with Crippen LogP contribution in [0.1, 0.15) is 52.4 Å². The predicted molar refractivity (Wildman–Crippen MR) is 132 cm³/mol. The Morgan fingerprint density at radius 3 is 2.49 bits per heavy atom. The van der Waals surface area contributed by atoms with Crippen LogP contribution in [-0.2, 0) is 38.1 Å². The van der Waals surface area contributed by atoms with E-state index in [4.69, 9.17) is 18.9 Å². The average Bonchev–Trinajstić information content (AvgIpc) is 3.56. The summed E-state index contributed by atoms with van der Waals surface area (Å²) in [6, 6.07) is 0. The number of fused-ring (bicyclic) bond motifs is 1. The van der Waals surface area contributed by atoms with Crippen molar-refractivity contribution in [2.24, 2.45) is 23.7 Å². The molecular formula is C25H37I2O8-. The normalized spacial score (nSPS) is 34.3. The van der Waals surface area contributed by atoms with Crippen molar-refractivity contribution >= 4 is 43.7 Å². The van der Waals surface area contributed by atoms with Crippen LogP contribution >= 0.6 is 19.8 Å². The summed E-state index contributed by atoms with van der Waals surface area (Å²) >= 11 is -1.62. The monoisotopic (exact) mass is 719 g/mol. The van der Waals surface area contributed by atoms with Gasteiger partial charge in [0.2, 0.25) is 0 Å². The second-order valence-electron chi connectivity index (χ2n) is 10.6. The molecule has 0 aromatic carbocycles. The maximum absolute atomic E-state index is 13.3. The minimum atomic E-state index is -1.53. The molecule has 4 fully saturated rings. The molecule has 1 saturated heterocycles. The molecule has 2 bridgehead atoms. The molecule has 4 aliphatic rings. The Morgan fingerprint density at radius 1 is 1.20 bits per heavy atom. The van der Waals surface area contributed by atoms with Gasteiger partial charge in [0.15, 0.2) is 0 Å². The average molecular weight is 719 g/mol. The van der Waals surface area contributed by atoms with Crippen molar-refractivity contribution in [2.75, 3.05) is 25.8 Å². The van der Waals surface area contributed by atoms with Crippen LogP contribution in [0.4, 0.5) is 0 Å². The van der Waals surface area contributed by atoms with E-state index in [2.05, 4.69) is 14.8 Å². The Bertz CT molecular complexity index is 870. The summed E-state index contributed by atoms with van der Waals surface area (Å²) in [5.74, 6) is -3.38. The predicted octanol–water partition coefficient (Wildman–Crippen LogP) is -0.242. The first-order valence-corrected chi connectivity index (χ1v) is 21.4. The van der Waals surface area contributed by atoms with Crippen molar-refractivity contribution in [3.8, 4) is 0 Å². The van der Waals surface area contributed by atoms with Crippen LogP contribution < -0.4 is 21.2 Å². The van der Waals surface area contributed by atoms with E-state index in [0.717, 1.165) is 36.5 Å². The first-order valence-electron chi connectivity index (χ1n) is 12.3. The zero-order valence-electron chi connectivity index (χ0n) is 21.1. The SMILES string of the molecule is CCC1(OC(=O)C2C3CC4C(OC(=O)C42)C3OC(=O)COC(=O)C(C)(C[I-]C)I(C)C)CCCC1. The molecule has 8 nitrogen and oxygen atoms in total. The maximum atomic E-state index is 13.3. The summed E-state index contributed by atoms with van der Waals surface area (Å²) in [5.41, 5.74) is -0.450. The van der Waals surface area contributed by atoms with Gasteiger partial charge in [0.25, 0.3) is 0 Å². The van der Waals surface area contributed by atoms with E-state index in [0.29, 0.717) is 6.42 Å². The Kier molecular flexibility index (Phi) is 8.30. The third kappa shape index (κ3) is 4.95. The van der Waals surface area contributed by atoms with Gasteiger partial charge in [-0.05, 0) is 32.1 Å². The molecule has 0 aromatic rings.